The van der Waals surface area contributed by atoms with Gasteiger partial charge in [0.05, 0.1) is 12.0 Å². The lowest BCUT2D eigenvalue weighted by atomic mass is 10.1. The van der Waals surface area contributed by atoms with Crippen LogP contribution in [0.1, 0.15) is 15.2 Å². The summed E-state index contributed by atoms with van der Waals surface area (Å²) < 4.78 is 18.2. The Morgan fingerprint density at radius 1 is 1.41 bits per heavy atom. The number of carbonyl (C=O) groups is 1. The number of carbonyl (C=O) groups excluding carboxylic acids is 1. The number of methoxy groups -OCH3 is 1. The van der Waals surface area contributed by atoms with Gasteiger partial charge in [-0.3, -0.25) is 4.79 Å². The van der Waals surface area contributed by atoms with Gasteiger partial charge in [-0.1, -0.05) is 12.1 Å². The molecule has 0 unspecified atom stereocenters. The van der Waals surface area contributed by atoms with Crippen molar-refractivity contribution in [1.82, 2.24) is 0 Å². The highest BCUT2D eigenvalue weighted by Crippen LogP contribution is 2.19. The molecule has 0 aliphatic rings. The highest BCUT2D eigenvalue weighted by atomic mass is 32.1. The molecular weight excluding hydrogens is 239 g/mol. The van der Waals surface area contributed by atoms with Crippen molar-refractivity contribution in [3.05, 3.63) is 52.0 Å². The van der Waals surface area contributed by atoms with Crippen LogP contribution in [0.15, 0.2) is 35.7 Å². The first-order chi connectivity index (χ1) is 8.20. The third kappa shape index (κ3) is 2.71. The average Bonchev–Trinajstić information content (AvgIpc) is 2.82. The van der Waals surface area contributed by atoms with Gasteiger partial charge in [0, 0.05) is 6.42 Å². The third-order valence-corrected chi connectivity index (χ3v) is 3.29. The molecule has 1 aromatic heterocycles. The number of ketones is 1. The Morgan fingerprint density at radius 3 is 2.82 bits per heavy atom. The molecule has 0 N–H and O–H groups in total. The Hall–Kier alpha value is -1.68. The SMILES string of the molecule is COc1ccc(CC(=O)c2cccs2)cc1F. The van der Waals surface area contributed by atoms with Crippen LogP contribution in [0.5, 0.6) is 5.75 Å². The highest BCUT2D eigenvalue weighted by molar-refractivity contribution is 7.12. The zero-order valence-electron chi connectivity index (χ0n) is 9.27. The minimum absolute atomic E-state index is 0.00423. The lowest BCUT2D eigenvalue weighted by Crippen LogP contribution is -2.01. The molecule has 2 aromatic rings. The molecule has 2 rings (SSSR count). The molecule has 0 saturated heterocycles. The van der Waals surface area contributed by atoms with E-state index in [2.05, 4.69) is 0 Å². The number of Topliss-reactive ketones (excluding diaryl/α,β-unsaturated/α-hetero) is 1. The molecule has 4 heteroatoms. The van der Waals surface area contributed by atoms with Crippen molar-refractivity contribution in [1.29, 1.82) is 0 Å². The van der Waals surface area contributed by atoms with Crippen LogP contribution in [-0.4, -0.2) is 12.9 Å². The fourth-order valence-corrected chi connectivity index (χ4v) is 2.19. The topological polar surface area (TPSA) is 26.3 Å². The van der Waals surface area contributed by atoms with Crippen molar-refractivity contribution in [3.63, 3.8) is 0 Å². The van der Waals surface area contributed by atoms with Crippen LogP contribution in [0.3, 0.4) is 0 Å². The molecule has 17 heavy (non-hydrogen) atoms. The van der Waals surface area contributed by atoms with Crippen molar-refractivity contribution >= 4 is 17.1 Å². The Balaban J connectivity index is 2.14. The monoisotopic (exact) mass is 250 g/mol. The molecule has 0 saturated carbocycles. The van der Waals surface area contributed by atoms with Crippen LogP contribution in [0.2, 0.25) is 0 Å². The van der Waals surface area contributed by atoms with Crippen LogP contribution in [-0.2, 0) is 6.42 Å². The second-order valence-corrected chi connectivity index (χ2v) is 4.49. The number of ether oxygens (including phenoxy) is 1. The van der Waals surface area contributed by atoms with E-state index < -0.39 is 5.82 Å². The first kappa shape index (κ1) is 11.8. The summed E-state index contributed by atoms with van der Waals surface area (Å²) in [6.45, 7) is 0. The molecule has 0 atom stereocenters. The van der Waals surface area contributed by atoms with Gasteiger partial charge in [0.1, 0.15) is 0 Å². The van der Waals surface area contributed by atoms with Crippen LogP contribution in [0.4, 0.5) is 4.39 Å². The summed E-state index contributed by atoms with van der Waals surface area (Å²) in [6.07, 6.45) is 0.210. The first-order valence-electron chi connectivity index (χ1n) is 5.10. The van der Waals surface area contributed by atoms with Gasteiger partial charge in [-0.05, 0) is 29.1 Å². The van der Waals surface area contributed by atoms with E-state index >= 15 is 0 Å². The number of benzene rings is 1. The molecule has 0 bridgehead atoms. The van der Waals surface area contributed by atoms with Crippen LogP contribution in [0, 0.1) is 5.82 Å². The Labute approximate surface area is 103 Å². The normalized spacial score (nSPS) is 10.2. The molecule has 88 valence electrons. The second kappa shape index (κ2) is 5.10. The second-order valence-electron chi connectivity index (χ2n) is 3.55. The van der Waals surface area contributed by atoms with Crippen molar-refractivity contribution in [2.24, 2.45) is 0 Å². The summed E-state index contributed by atoms with van der Waals surface area (Å²) in [5.74, 6) is -0.245. The Kier molecular flexibility index (Phi) is 3.54. The van der Waals surface area contributed by atoms with E-state index in [4.69, 9.17) is 4.74 Å². The summed E-state index contributed by atoms with van der Waals surface area (Å²) in [6, 6.07) is 8.17. The predicted molar refractivity (Wildman–Crippen MR) is 65.3 cm³/mol. The van der Waals surface area contributed by atoms with Gasteiger partial charge in [0.15, 0.2) is 17.3 Å². The number of hydrogen-bond donors (Lipinski definition) is 0. The van der Waals surface area contributed by atoms with Crippen LogP contribution in [0.25, 0.3) is 0 Å². The molecule has 0 radical (unpaired) electrons. The standard InChI is InChI=1S/C13H11FO2S/c1-16-12-5-4-9(7-10(12)14)8-11(15)13-3-2-6-17-13/h2-7H,8H2,1H3. The summed E-state index contributed by atoms with van der Waals surface area (Å²) in [4.78, 5) is 12.5. The number of halogens is 1. The van der Waals surface area contributed by atoms with Gasteiger partial charge < -0.3 is 4.74 Å². The van der Waals surface area contributed by atoms with E-state index in [0.29, 0.717) is 10.4 Å². The number of rotatable bonds is 4. The quantitative estimate of drug-likeness (QED) is 0.778. The summed E-state index contributed by atoms with van der Waals surface area (Å²) in [5, 5.41) is 1.85. The molecule has 1 heterocycles. The van der Waals surface area contributed by atoms with Gasteiger partial charge in [0.25, 0.3) is 0 Å². The van der Waals surface area contributed by atoms with E-state index in [1.807, 2.05) is 11.4 Å². The first-order valence-corrected chi connectivity index (χ1v) is 5.98. The maximum absolute atomic E-state index is 13.4. The van der Waals surface area contributed by atoms with Gasteiger partial charge >= 0.3 is 0 Å². The van der Waals surface area contributed by atoms with Crippen molar-refractivity contribution in [2.45, 2.75) is 6.42 Å². The molecule has 0 fully saturated rings. The van der Waals surface area contributed by atoms with Crippen molar-refractivity contribution in [2.75, 3.05) is 7.11 Å². The van der Waals surface area contributed by atoms with E-state index in [-0.39, 0.29) is 18.0 Å². The minimum Gasteiger partial charge on any atom is -0.494 e. The lowest BCUT2D eigenvalue weighted by molar-refractivity contribution is 0.0997. The van der Waals surface area contributed by atoms with Crippen molar-refractivity contribution in [3.8, 4) is 5.75 Å². The maximum Gasteiger partial charge on any atom is 0.177 e. The summed E-state index contributed by atoms with van der Waals surface area (Å²) in [7, 11) is 1.41. The lowest BCUT2D eigenvalue weighted by Gasteiger charge is -2.04. The molecular formula is C13H11FO2S. The van der Waals surface area contributed by atoms with E-state index in [1.54, 1.807) is 12.1 Å². The van der Waals surface area contributed by atoms with Crippen LogP contribution >= 0.6 is 11.3 Å². The van der Waals surface area contributed by atoms with Gasteiger partial charge in [-0.2, -0.15) is 0 Å². The number of hydrogen-bond acceptors (Lipinski definition) is 3. The molecule has 0 aliphatic heterocycles. The van der Waals surface area contributed by atoms with Crippen molar-refractivity contribution < 1.29 is 13.9 Å². The highest BCUT2D eigenvalue weighted by Gasteiger charge is 2.10. The number of thiophene rings is 1. The fourth-order valence-electron chi connectivity index (χ4n) is 1.53. The molecule has 1 aromatic carbocycles. The largest absolute Gasteiger partial charge is 0.494 e. The maximum atomic E-state index is 13.4. The van der Waals surface area contributed by atoms with Gasteiger partial charge in [-0.15, -0.1) is 11.3 Å². The predicted octanol–water partition coefficient (Wildman–Crippen LogP) is 3.32. The zero-order valence-corrected chi connectivity index (χ0v) is 10.1. The molecule has 0 spiro atoms. The summed E-state index contributed by atoms with van der Waals surface area (Å²) >= 11 is 1.39. The third-order valence-electron chi connectivity index (χ3n) is 2.38. The fraction of sp³-hybridized carbons (Fsp3) is 0.154. The smallest absolute Gasteiger partial charge is 0.177 e. The summed E-state index contributed by atoms with van der Waals surface area (Å²) in [5.41, 5.74) is 0.654. The van der Waals surface area contributed by atoms with Gasteiger partial charge in [-0.25, -0.2) is 4.39 Å². The minimum atomic E-state index is -0.441. The van der Waals surface area contributed by atoms with E-state index in [1.165, 1.54) is 30.6 Å². The molecule has 0 amide bonds. The molecule has 0 aliphatic carbocycles. The Bertz CT molecular complexity index is 520. The average molecular weight is 250 g/mol. The Morgan fingerprint density at radius 2 is 2.24 bits per heavy atom. The zero-order chi connectivity index (χ0) is 12.3. The molecule has 2 nitrogen and oxygen atoms in total. The van der Waals surface area contributed by atoms with E-state index in [0.717, 1.165) is 0 Å². The van der Waals surface area contributed by atoms with E-state index in [9.17, 15) is 9.18 Å². The van der Waals surface area contributed by atoms with Crippen LogP contribution < -0.4 is 4.74 Å². The van der Waals surface area contributed by atoms with Gasteiger partial charge in [0.2, 0.25) is 0 Å².